The number of anilines is 1. The summed E-state index contributed by atoms with van der Waals surface area (Å²) in [5.41, 5.74) is 0.788. The highest BCUT2D eigenvalue weighted by Gasteiger charge is 2.37. The molecule has 2 atom stereocenters. The van der Waals surface area contributed by atoms with Gasteiger partial charge in [0.25, 0.3) is 10.0 Å². The van der Waals surface area contributed by atoms with E-state index in [9.17, 15) is 31.2 Å². The zero-order valence-electron chi connectivity index (χ0n) is 25.3. The Bertz CT molecular complexity index is 1560. The minimum atomic E-state index is -4.88. The maximum absolute atomic E-state index is 14.1. The van der Waals surface area contributed by atoms with E-state index in [1.165, 1.54) is 17.0 Å². The number of nitrogens with zero attached hydrogens (tertiary/aromatic N) is 2. The summed E-state index contributed by atoms with van der Waals surface area (Å²) >= 11 is 5.83. The third-order valence-electron chi connectivity index (χ3n) is 7.29. The molecule has 0 fully saturated rings. The number of benzene rings is 3. The lowest BCUT2D eigenvalue weighted by Crippen LogP contribution is -2.53. The maximum atomic E-state index is 14.1. The molecule has 7 nitrogen and oxygen atoms in total. The Morgan fingerprint density at radius 3 is 2.00 bits per heavy atom. The minimum absolute atomic E-state index is 0.0294. The summed E-state index contributed by atoms with van der Waals surface area (Å²) in [5.74, 6) is -1.18. The van der Waals surface area contributed by atoms with Crippen LogP contribution in [0.2, 0.25) is 5.02 Å². The average Bonchev–Trinajstić information content (AvgIpc) is 2.96. The molecule has 2 unspecified atom stereocenters. The summed E-state index contributed by atoms with van der Waals surface area (Å²) in [6.07, 6.45) is -4.02. The molecule has 0 saturated heterocycles. The van der Waals surface area contributed by atoms with Crippen molar-refractivity contribution in [2.75, 3.05) is 10.8 Å². The predicted octanol–water partition coefficient (Wildman–Crippen LogP) is 6.89. The van der Waals surface area contributed by atoms with Crippen molar-refractivity contribution in [2.45, 2.75) is 77.2 Å². The molecule has 0 bridgehead atoms. The molecule has 0 aliphatic carbocycles. The van der Waals surface area contributed by atoms with Crippen LogP contribution in [0, 0.1) is 13.8 Å². The van der Waals surface area contributed by atoms with E-state index in [1.807, 2.05) is 32.9 Å². The smallest absolute Gasteiger partial charge is 0.352 e. The van der Waals surface area contributed by atoms with Gasteiger partial charge in [0.15, 0.2) is 0 Å². The number of rotatable bonds is 12. The fraction of sp³-hybridized carbons (Fsp3) is 0.375. The lowest BCUT2D eigenvalue weighted by atomic mass is 10.1. The molecule has 0 aromatic heterocycles. The fourth-order valence-electron chi connectivity index (χ4n) is 4.50. The Morgan fingerprint density at radius 1 is 0.909 bits per heavy atom. The van der Waals surface area contributed by atoms with Crippen molar-refractivity contribution in [3.63, 3.8) is 0 Å². The first-order chi connectivity index (χ1) is 20.6. The van der Waals surface area contributed by atoms with E-state index >= 15 is 0 Å². The van der Waals surface area contributed by atoms with Gasteiger partial charge in [-0.1, -0.05) is 73.0 Å². The van der Waals surface area contributed by atoms with Gasteiger partial charge in [0, 0.05) is 12.6 Å². The highest BCUT2D eigenvalue weighted by Crippen LogP contribution is 2.38. The Morgan fingerprint density at radius 2 is 1.48 bits per heavy atom. The first-order valence-electron chi connectivity index (χ1n) is 14.2. The van der Waals surface area contributed by atoms with Crippen molar-refractivity contribution in [3.8, 4) is 0 Å². The van der Waals surface area contributed by atoms with E-state index in [-0.39, 0.29) is 23.9 Å². The topological polar surface area (TPSA) is 86.8 Å². The lowest BCUT2D eigenvalue weighted by molar-refractivity contribution is -0.140. The second-order valence-electron chi connectivity index (χ2n) is 10.7. The van der Waals surface area contributed by atoms with Gasteiger partial charge in [-0.05, 0) is 69.5 Å². The summed E-state index contributed by atoms with van der Waals surface area (Å²) in [4.78, 5) is 28.5. The van der Waals surface area contributed by atoms with Gasteiger partial charge in [0.1, 0.15) is 12.6 Å². The molecule has 238 valence electrons. The van der Waals surface area contributed by atoms with Crippen LogP contribution in [0.3, 0.4) is 0 Å². The number of alkyl halides is 3. The second kappa shape index (κ2) is 14.5. The standard InChI is InChI=1S/C32H37ClF3N3O4S/c1-6-23(5)37-31(41)29(7-2)38(19-24-12-8-21(3)9-13-24)30(40)20-39(44(42,43)26-15-10-22(4)11-16-26)25-14-17-28(33)27(18-25)32(34,35)36/h8-18,23,29H,6-7,19-20H2,1-5H3,(H,37,41). The minimum Gasteiger partial charge on any atom is -0.352 e. The quantitative estimate of drug-likeness (QED) is 0.231. The van der Waals surface area contributed by atoms with Crippen LogP contribution >= 0.6 is 11.6 Å². The highest BCUT2D eigenvalue weighted by atomic mass is 35.5. The van der Waals surface area contributed by atoms with Gasteiger partial charge < -0.3 is 10.2 Å². The third-order valence-corrected chi connectivity index (χ3v) is 9.41. The Hall–Kier alpha value is -3.57. The van der Waals surface area contributed by atoms with E-state index in [0.29, 0.717) is 22.4 Å². The van der Waals surface area contributed by atoms with Gasteiger partial charge in [-0.2, -0.15) is 13.2 Å². The third kappa shape index (κ3) is 8.53. The number of sulfonamides is 1. The second-order valence-corrected chi connectivity index (χ2v) is 13.0. The van der Waals surface area contributed by atoms with Crippen molar-refractivity contribution < 1.29 is 31.2 Å². The fourth-order valence-corrected chi connectivity index (χ4v) is 6.13. The first-order valence-corrected chi connectivity index (χ1v) is 16.0. The molecule has 44 heavy (non-hydrogen) atoms. The molecule has 0 radical (unpaired) electrons. The van der Waals surface area contributed by atoms with Crippen molar-refractivity contribution >= 4 is 39.1 Å². The van der Waals surface area contributed by atoms with Crippen LogP contribution in [0.4, 0.5) is 18.9 Å². The molecule has 0 heterocycles. The van der Waals surface area contributed by atoms with Crippen LogP contribution in [-0.2, 0) is 32.3 Å². The number of amides is 2. The SMILES string of the molecule is CCC(C)NC(=O)C(CC)N(Cc1ccc(C)cc1)C(=O)CN(c1ccc(Cl)c(C(F)(F)F)c1)S(=O)(=O)c1ccc(C)cc1. The van der Waals surface area contributed by atoms with Crippen LogP contribution in [0.5, 0.6) is 0 Å². The van der Waals surface area contributed by atoms with Crippen molar-refractivity contribution in [1.82, 2.24) is 10.2 Å². The molecule has 0 aliphatic rings. The molecule has 12 heteroatoms. The number of aryl methyl sites for hydroxylation is 2. The summed E-state index contributed by atoms with van der Waals surface area (Å²) in [7, 11) is -4.55. The largest absolute Gasteiger partial charge is 0.417 e. The number of halogens is 4. The van der Waals surface area contributed by atoms with E-state index < -0.39 is 56.9 Å². The maximum Gasteiger partial charge on any atom is 0.417 e. The molecule has 0 aliphatic heterocycles. The van der Waals surface area contributed by atoms with Gasteiger partial charge in [-0.25, -0.2) is 8.42 Å². The van der Waals surface area contributed by atoms with Crippen molar-refractivity contribution in [1.29, 1.82) is 0 Å². The summed E-state index contributed by atoms with van der Waals surface area (Å²) < 4.78 is 70.0. The highest BCUT2D eigenvalue weighted by molar-refractivity contribution is 7.92. The average molecular weight is 652 g/mol. The van der Waals surface area contributed by atoms with E-state index in [0.717, 1.165) is 23.3 Å². The van der Waals surface area contributed by atoms with Gasteiger partial charge in [0.2, 0.25) is 11.8 Å². The molecule has 2 amide bonds. The molecule has 0 saturated carbocycles. The van der Waals surface area contributed by atoms with E-state index in [4.69, 9.17) is 11.6 Å². The van der Waals surface area contributed by atoms with Gasteiger partial charge >= 0.3 is 6.18 Å². The number of carbonyl (C=O) groups excluding carboxylic acids is 2. The van der Waals surface area contributed by atoms with Gasteiger partial charge in [-0.15, -0.1) is 0 Å². The van der Waals surface area contributed by atoms with Crippen molar-refractivity contribution in [3.05, 3.63) is 94.0 Å². The molecule has 0 spiro atoms. The van der Waals surface area contributed by atoms with Crippen LogP contribution in [0.1, 0.15) is 55.9 Å². The van der Waals surface area contributed by atoms with E-state index in [1.54, 1.807) is 38.1 Å². The number of hydrogen-bond donors (Lipinski definition) is 1. The molecule has 3 aromatic carbocycles. The summed E-state index contributed by atoms with van der Waals surface area (Å²) in [5, 5.41) is 2.27. The number of hydrogen-bond acceptors (Lipinski definition) is 4. The molecule has 3 aromatic rings. The normalized spacial score (nSPS) is 13.2. The summed E-state index contributed by atoms with van der Waals surface area (Å²) in [6, 6.07) is 14.5. The van der Waals surface area contributed by atoms with Crippen LogP contribution in [0.25, 0.3) is 0 Å². The number of nitrogens with one attached hydrogen (secondary N) is 1. The Balaban J connectivity index is 2.15. The zero-order valence-corrected chi connectivity index (χ0v) is 26.9. The van der Waals surface area contributed by atoms with Crippen LogP contribution < -0.4 is 9.62 Å². The van der Waals surface area contributed by atoms with Gasteiger partial charge in [0.05, 0.1) is 21.2 Å². The predicted molar refractivity (Wildman–Crippen MR) is 166 cm³/mol. The Kier molecular flexibility index (Phi) is 11.5. The molecule has 3 rings (SSSR count). The van der Waals surface area contributed by atoms with Crippen LogP contribution in [-0.4, -0.2) is 43.8 Å². The van der Waals surface area contributed by atoms with E-state index in [2.05, 4.69) is 5.32 Å². The molecule has 1 N–H and O–H groups in total. The van der Waals surface area contributed by atoms with Crippen LogP contribution in [0.15, 0.2) is 71.6 Å². The molecular formula is C32H37ClF3N3O4S. The van der Waals surface area contributed by atoms with Crippen molar-refractivity contribution in [2.24, 2.45) is 0 Å². The Labute approximate surface area is 262 Å². The molecular weight excluding hydrogens is 615 g/mol. The lowest BCUT2D eigenvalue weighted by Gasteiger charge is -2.34. The zero-order chi connectivity index (χ0) is 32.8. The summed E-state index contributed by atoms with van der Waals surface area (Å²) in [6.45, 7) is 8.21. The monoisotopic (exact) mass is 651 g/mol. The van der Waals surface area contributed by atoms with Gasteiger partial charge in [-0.3, -0.25) is 13.9 Å². The first kappa shape index (κ1) is 34.9. The number of carbonyl (C=O) groups is 2.